The second-order valence-electron chi connectivity index (χ2n) is 4.03. The zero-order chi connectivity index (χ0) is 15.1. The Bertz CT molecular complexity index is 690. The van der Waals surface area contributed by atoms with Crippen LogP contribution >= 0.6 is 11.6 Å². The summed E-state index contributed by atoms with van der Waals surface area (Å²) in [7, 11) is 0. The van der Waals surface area contributed by atoms with E-state index < -0.39 is 6.09 Å². The van der Waals surface area contributed by atoms with E-state index in [1.807, 2.05) is 6.07 Å². The van der Waals surface area contributed by atoms with Crippen LogP contribution in [-0.2, 0) is 0 Å². The molecule has 0 bridgehead atoms. The highest BCUT2D eigenvalue weighted by Gasteiger charge is 2.06. The normalized spacial score (nSPS) is 9.43. The third kappa shape index (κ3) is 4.53. The number of hydrogen-bond donors (Lipinski definition) is 2. The predicted molar refractivity (Wildman–Crippen MR) is 83.5 cm³/mol. The molecule has 1 amide bonds. The third-order valence-corrected chi connectivity index (χ3v) is 2.82. The smallest absolute Gasteiger partial charge is 0.410 e. The summed E-state index contributed by atoms with van der Waals surface area (Å²) in [6, 6.07) is 13.8. The van der Waals surface area contributed by atoms with Crippen molar-refractivity contribution in [2.75, 3.05) is 11.9 Å². The number of halogens is 1. The molecular formula is C16H13ClN2O2. The fraction of sp³-hybridized carbons (Fsp3) is 0.0625. The van der Waals surface area contributed by atoms with Crippen molar-refractivity contribution < 1.29 is 9.53 Å². The van der Waals surface area contributed by atoms with Gasteiger partial charge in [-0.1, -0.05) is 41.6 Å². The standard InChI is InChI=1S/C16H13ClN2O2/c17-15-9-8-13(11-12(15)5-4-10-18)19-16(20)21-14-6-2-1-3-7-14/h1-3,6-9,11H,10,18H2,(H,19,20). The first kappa shape index (κ1) is 14.9. The molecule has 0 aliphatic heterocycles. The van der Waals surface area contributed by atoms with E-state index in [-0.39, 0.29) is 6.54 Å². The van der Waals surface area contributed by atoms with Gasteiger partial charge in [0.05, 0.1) is 11.6 Å². The van der Waals surface area contributed by atoms with Crippen LogP contribution in [0.25, 0.3) is 0 Å². The number of rotatable bonds is 2. The summed E-state index contributed by atoms with van der Waals surface area (Å²) < 4.78 is 5.13. The molecule has 0 heterocycles. The number of hydrogen-bond acceptors (Lipinski definition) is 3. The lowest BCUT2D eigenvalue weighted by Gasteiger charge is -2.07. The maximum absolute atomic E-state index is 11.8. The summed E-state index contributed by atoms with van der Waals surface area (Å²) in [5.41, 5.74) is 6.46. The van der Waals surface area contributed by atoms with Crippen LogP contribution in [0.1, 0.15) is 5.56 Å². The average Bonchev–Trinajstić information content (AvgIpc) is 2.48. The van der Waals surface area contributed by atoms with E-state index in [9.17, 15) is 4.79 Å². The minimum absolute atomic E-state index is 0.240. The molecule has 0 saturated carbocycles. The van der Waals surface area contributed by atoms with Gasteiger partial charge in [-0.3, -0.25) is 5.32 Å². The van der Waals surface area contributed by atoms with E-state index >= 15 is 0 Å². The first-order valence-electron chi connectivity index (χ1n) is 6.21. The number of carbonyl (C=O) groups is 1. The van der Waals surface area contributed by atoms with Crippen molar-refractivity contribution in [3.63, 3.8) is 0 Å². The van der Waals surface area contributed by atoms with Gasteiger partial charge in [0, 0.05) is 11.3 Å². The second kappa shape index (κ2) is 7.34. The van der Waals surface area contributed by atoms with Gasteiger partial charge < -0.3 is 10.5 Å². The molecule has 0 spiro atoms. The van der Waals surface area contributed by atoms with Gasteiger partial charge >= 0.3 is 6.09 Å². The Balaban J connectivity index is 2.07. The van der Waals surface area contributed by atoms with E-state index in [1.54, 1.807) is 42.5 Å². The second-order valence-corrected chi connectivity index (χ2v) is 4.44. The molecule has 2 aromatic rings. The molecule has 0 aliphatic rings. The van der Waals surface area contributed by atoms with Gasteiger partial charge in [-0.05, 0) is 30.3 Å². The van der Waals surface area contributed by atoms with Crippen LogP contribution in [0.4, 0.5) is 10.5 Å². The maximum atomic E-state index is 11.8. The highest BCUT2D eigenvalue weighted by molar-refractivity contribution is 6.31. The van der Waals surface area contributed by atoms with Crippen LogP contribution in [0.3, 0.4) is 0 Å². The molecule has 0 fully saturated rings. The molecule has 106 valence electrons. The van der Waals surface area contributed by atoms with Gasteiger partial charge in [0.1, 0.15) is 5.75 Å². The number of carbonyl (C=O) groups excluding carboxylic acids is 1. The van der Waals surface area contributed by atoms with Gasteiger partial charge in [-0.2, -0.15) is 0 Å². The van der Waals surface area contributed by atoms with Gasteiger partial charge in [0.15, 0.2) is 0 Å². The molecular weight excluding hydrogens is 288 g/mol. The zero-order valence-electron chi connectivity index (χ0n) is 11.1. The molecule has 2 aromatic carbocycles. The summed E-state index contributed by atoms with van der Waals surface area (Å²) in [5, 5.41) is 3.11. The number of anilines is 1. The Morgan fingerprint density at radius 1 is 1.24 bits per heavy atom. The summed E-state index contributed by atoms with van der Waals surface area (Å²) in [6.45, 7) is 0.240. The minimum atomic E-state index is -0.582. The highest BCUT2D eigenvalue weighted by atomic mass is 35.5. The van der Waals surface area contributed by atoms with Gasteiger partial charge in [0.2, 0.25) is 0 Å². The number of nitrogens with one attached hydrogen (secondary N) is 1. The Morgan fingerprint density at radius 2 is 2.00 bits per heavy atom. The number of benzene rings is 2. The summed E-state index contributed by atoms with van der Waals surface area (Å²) in [5.74, 6) is 6.02. The van der Waals surface area contributed by atoms with Crippen LogP contribution in [0.15, 0.2) is 48.5 Å². The van der Waals surface area contributed by atoms with Gasteiger partial charge in [-0.15, -0.1) is 0 Å². The fourth-order valence-corrected chi connectivity index (χ4v) is 1.75. The average molecular weight is 301 g/mol. The number of ether oxygens (including phenoxy) is 1. The molecule has 0 unspecified atom stereocenters. The molecule has 4 nitrogen and oxygen atoms in total. The fourth-order valence-electron chi connectivity index (χ4n) is 1.58. The summed E-state index contributed by atoms with van der Waals surface area (Å²) in [4.78, 5) is 11.8. The van der Waals surface area contributed by atoms with Crippen LogP contribution in [0.2, 0.25) is 5.02 Å². The summed E-state index contributed by atoms with van der Waals surface area (Å²) in [6.07, 6.45) is -0.582. The van der Waals surface area contributed by atoms with Crippen molar-refractivity contribution in [3.05, 3.63) is 59.1 Å². The molecule has 21 heavy (non-hydrogen) atoms. The first-order valence-corrected chi connectivity index (χ1v) is 6.59. The van der Waals surface area contributed by atoms with E-state index in [0.29, 0.717) is 22.0 Å². The van der Waals surface area contributed by atoms with Crippen molar-refractivity contribution in [1.82, 2.24) is 0 Å². The topological polar surface area (TPSA) is 64.3 Å². The molecule has 2 rings (SSSR count). The Labute approximate surface area is 127 Å². The van der Waals surface area contributed by atoms with Gasteiger partial charge in [0.25, 0.3) is 0 Å². The van der Waals surface area contributed by atoms with Gasteiger partial charge in [-0.25, -0.2) is 4.79 Å². The largest absolute Gasteiger partial charge is 0.417 e. The third-order valence-electron chi connectivity index (χ3n) is 2.49. The quantitative estimate of drug-likeness (QED) is 0.837. The van der Waals surface area contributed by atoms with Crippen molar-refractivity contribution in [2.45, 2.75) is 0 Å². The first-order chi connectivity index (χ1) is 10.2. The lowest BCUT2D eigenvalue weighted by Crippen LogP contribution is -2.16. The number of amides is 1. The lowest BCUT2D eigenvalue weighted by atomic mass is 10.2. The van der Waals surface area contributed by atoms with Crippen LogP contribution in [0, 0.1) is 11.8 Å². The van der Waals surface area contributed by atoms with E-state index in [1.165, 1.54) is 0 Å². The minimum Gasteiger partial charge on any atom is -0.410 e. The van der Waals surface area contributed by atoms with E-state index in [0.717, 1.165) is 0 Å². The Hall–Kier alpha value is -2.48. The molecule has 0 aliphatic carbocycles. The van der Waals surface area contributed by atoms with Crippen LogP contribution in [-0.4, -0.2) is 12.6 Å². The summed E-state index contributed by atoms with van der Waals surface area (Å²) >= 11 is 6.01. The van der Waals surface area contributed by atoms with Crippen molar-refractivity contribution >= 4 is 23.4 Å². The maximum Gasteiger partial charge on any atom is 0.417 e. The molecule has 0 radical (unpaired) electrons. The van der Waals surface area contributed by atoms with Crippen molar-refractivity contribution in [1.29, 1.82) is 0 Å². The Kier molecular flexibility index (Phi) is 5.22. The van der Waals surface area contributed by atoms with Crippen LogP contribution in [0.5, 0.6) is 5.75 Å². The predicted octanol–water partition coefficient (Wildman–Crippen LogP) is 3.26. The zero-order valence-corrected chi connectivity index (χ0v) is 11.9. The van der Waals surface area contributed by atoms with Crippen molar-refractivity contribution in [3.8, 4) is 17.6 Å². The molecule has 0 atom stereocenters. The van der Waals surface area contributed by atoms with Crippen molar-refractivity contribution in [2.24, 2.45) is 5.73 Å². The monoisotopic (exact) mass is 300 g/mol. The molecule has 0 aromatic heterocycles. The highest BCUT2D eigenvalue weighted by Crippen LogP contribution is 2.20. The number of para-hydroxylation sites is 1. The SMILES string of the molecule is NCC#Cc1cc(NC(=O)Oc2ccccc2)ccc1Cl. The van der Waals surface area contributed by atoms with E-state index in [2.05, 4.69) is 17.2 Å². The molecule has 5 heteroatoms. The number of nitrogens with two attached hydrogens (primary N) is 1. The molecule has 3 N–H and O–H groups in total. The van der Waals surface area contributed by atoms with E-state index in [4.69, 9.17) is 22.1 Å². The lowest BCUT2D eigenvalue weighted by molar-refractivity contribution is 0.215. The van der Waals surface area contributed by atoms with Crippen LogP contribution < -0.4 is 15.8 Å². The Morgan fingerprint density at radius 3 is 2.71 bits per heavy atom. The molecule has 0 saturated heterocycles.